The van der Waals surface area contributed by atoms with Gasteiger partial charge < -0.3 is 0 Å². The second-order valence-corrected chi connectivity index (χ2v) is 9.28. The van der Waals surface area contributed by atoms with Gasteiger partial charge in [0.15, 0.2) is 0 Å². The molecule has 132 valence electrons. The van der Waals surface area contributed by atoms with Crippen LogP contribution in [0.2, 0.25) is 5.02 Å². The van der Waals surface area contributed by atoms with Gasteiger partial charge in [0.2, 0.25) is 0 Å². The summed E-state index contributed by atoms with van der Waals surface area (Å²) in [6.45, 7) is 0.470. The minimum absolute atomic E-state index is 0.174. The number of halogens is 1. The largest absolute Gasteiger partial charge is 0.264 e. The number of pyridine rings is 1. The maximum atomic E-state index is 13.2. The lowest BCUT2D eigenvalue weighted by Gasteiger charge is -2.20. The van der Waals surface area contributed by atoms with Crippen LogP contribution in [-0.4, -0.2) is 19.9 Å². The van der Waals surface area contributed by atoms with Crippen LogP contribution in [0.3, 0.4) is 0 Å². The van der Waals surface area contributed by atoms with Gasteiger partial charge in [-0.1, -0.05) is 43.4 Å². The molecule has 0 N–H and O–H groups in total. The molecule has 1 aliphatic heterocycles. The molecule has 2 aliphatic rings. The van der Waals surface area contributed by atoms with E-state index in [2.05, 4.69) is 4.98 Å². The van der Waals surface area contributed by atoms with Crippen molar-refractivity contribution in [3.63, 3.8) is 0 Å². The second kappa shape index (κ2) is 6.61. The summed E-state index contributed by atoms with van der Waals surface area (Å²) in [7, 11) is -3.63. The van der Waals surface area contributed by atoms with Gasteiger partial charge in [-0.25, -0.2) is 8.42 Å². The molecule has 1 saturated carbocycles. The lowest BCUT2D eigenvalue weighted by atomic mass is 9.92. The highest BCUT2D eigenvalue weighted by molar-refractivity contribution is 7.92. The van der Waals surface area contributed by atoms with Crippen LogP contribution < -0.4 is 4.31 Å². The summed E-state index contributed by atoms with van der Waals surface area (Å²) in [6.07, 6.45) is 7.86. The highest BCUT2D eigenvalue weighted by atomic mass is 35.5. The topological polar surface area (TPSA) is 50.3 Å². The predicted molar refractivity (Wildman–Crippen MR) is 99.5 cm³/mol. The number of rotatable bonds is 4. The number of benzene rings is 1. The van der Waals surface area contributed by atoms with Gasteiger partial charge in [0, 0.05) is 23.7 Å². The van der Waals surface area contributed by atoms with Crippen molar-refractivity contribution < 1.29 is 8.42 Å². The molecule has 0 radical (unpaired) electrons. The molecule has 1 fully saturated rings. The molecular weight excluding hydrogens is 356 g/mol. The van der Waals surface area contributed by atoms with Crippen LogP contribution in [0.25, 0.3) is 0 Å². The molecule has 1 aliphatic carbocycles. The Morgan fingerprint density at radius 1 is 1.16 bits per heavy atom. The van der Waals surface area contributed by atoms with Crippen LogP contribution >= 0.6 is 11.6 Å². The molecule has 0 spiro atoms. The predicted octanol–water partition coefficient (Wildman–Crippen LogP) is 4.61. The Morgan fingerprint density at radius 2 is 1.96 bits per heavy atom. The molecule has 1 atom stereocenters. The summed E-state index contributed by atoms with van der Waals surface area (Å²) in [4.78, 5) is 4.76. The van der Waals surface area contributed by atoms with Gasteiger partial charge in [-0.3, -0.25) is 9.29 Å². The zero-order chi connectivity index (χ0) is 17.4. The van der Waals surface area contributed by atoms with Crippen molar-refractivity contribution >= 4 is 27.3 Å². The fourth-order valence-corrected chi connectivity index (χ4v) is 5.96. The van der Waals surface area contributed by atoms with Crippen molar-refractivity contribution in [2.45, 2.75) is 42.9 Å². The van der Waals surface area contributed by atoms with E-state index in [1.54, 1.807) is 30.5 Å². The summed E-state index contributed by atoms with van der Waals surface area (Å²) in [6, 6.07) is 10.1. The van der Waals surface area contributed by atoms with Crippen molar-refractivity contribution in [3.05, 3.63) is 53.3 Å². The van der Waals surface area contributed by atoms with Crippen LogP contribution in [-0.2, 0) is 10.0 Å². The van der Waals surface area contributed by atoms with E-state index in [0.717, 1.165) is 12.1 Å². The molecule has 0 saturated heterocycles. The number of fused-ring (bicyclic) bond motifs is 1. The number of hydrogen-bond donors (Lipinski definition) is 0. The number of anilines is 1. The zero-order valence-electron chi connectivity index (χ0n) is 13.9. The van der Waals surface area contributed by atoms with Crippen molar-refractivity contribution in [3.8, 4) is 0 Å². The Hall–Kier alpha value is -1.59. The first-order valence-electron chi connectivity index (χ1n) is 8.79. The van der Waals surface area contributed by atoms with Gasteiger partial charge in [-0.2, -0.15) is 0 Å². The lowest BCUT2D eigenvalue weighted by Crippen LogP contribution is -2.30. The van der Waals surface area contributed by atoms with E-state index in [-0.39, 0.29) is 10.8 Å². The first-order valence-corrected chi connectivity index (χ1v) is 10.6. The molecule has 0 amide bonds. The number of aromatic nitrogens is 1. The molecule has 4 rings (SSSR count). The van der Waals surface area contributed by atoms with Crippen molar-refractivity contribution in [2.24, 2.45) is 5.92 Å². The van der Waals surface area contributed by atoms with Crippen LogP contribution in [0.1, 0.15) is 43.7 Å². The molecular formula is C19H21ClN2O2S. The Bertz CT molecular complexity index is 878. The van der Waals surface area contributed by atoms with Gasteiger partial charge in [0.1, 0.15) is 0 Å². The molecule has 6 heteroatoms. The minimum atomic E-state index is -3.63. The molecule has 4 nitrogen and oxygen atoms in total. The van der Waals surface area contributed by atoms with E-state index in [1.165, 1.54) is 36.1 Å². The molecule has 1 aromatic carbocycles. The number of hydrogen-bond acceptors (Lipinski definition) is 3. The highest BCUT2D eigenvalue weighted by Gasteiger charge is 2.38. The van der Waals surface area contributed by atoms with E-state index in [0.29, 0.717) is 23.2 Å². The summed E-state index contributed by atoms with van der Waals surface area (Å²) < 4.78 is 27.9. The van der Waals surface area contributed by atoms with Crippen LogP contribution in [0.5, 0.6) is 0 Å². The van der Waals surface area contributed by atoms with Crippen molar-refractivity contribution in [1.82, 2.24) is 4.98 Å². The van der Waals surface area contributed by atoms with Gasteiger partial charge in [0.05, 0.1) is 16.3 Å². The average Bonchev–Trinajstić information content (AvgIpc) is 3.24. The Labute approximate surface area is 153 Å². The summed E-state index contributed by atoms with van der Waals surface area (Å²) in [5.74, 6) is 0.863. The zero-order valence-corrected chi connectivity index (χ0v) is 15.5. The fraction of sp³-hybridized carbons (Fsp3) is 0.421. The first kappa shape index (κ1) is 16.9. The monoisotopic (exact) mass is 376 g/mol. The standard InChI is InChI=1S/C19H21ClN2O2S/c20-16-7-3-8-17(12-16)25(23,24)22-13-15(11-14-5-1-2-6-14)19-18(22)9-4-10-21-19/h3-4,7-10,12,14-15H,1-2,5-6,11,13H2. The van der Waals surface area contributed by atoms with Gasteiger partial charge >= 0.3 is 0 Å². The minimum Gasteiger partial charge on any atom is -0.264 e. The SMILES string of the molecule is O=S(=O)(c1cccc(Cl)c1)N1CC(CC2CCCC2)c2ncccc21. The van der Waals surface area contributed by atoms with Crippen LogP contribution in [0.4, 0.5) is 5.69 Å². The van der Waals surface area contributed by atoms with E-state index >= 15 is 0 Å². The summed E-state index contributed by atoms with van der Waals surface area (Å²) in [5.41, 5.74) is 1.63. The van der Waals surface area contributed by atoms with Crippen LogP contribution in [0.15, 0.2) is 47.5 Å². The highest BCUT2D eigenvalue weighted by Crippen LogP contribution is 2.43. The number of nitrogens with zero attached hydrogens (tertiary/aromatic N) is 2. The molecule has 1 unspecified atom stereocenters. The summed E-state index contributed by atoms with van der Waals surface area (Å²) in [5, 5.41) is 0.425. The smallest absolute Gasteiger partial charge is 0.264 e. The Balaban J connectivity index is 1.68. The number of sulfonamides is 1. The van der Waals surface area contributed by atoms with Gasteiger partial charge in [-0.15, -0.1) is 0 Å². The first-order chi connectivity index (χ1) is 12.1. The third kappa shape index (κ3) is 3.15. The molecule has 2 aromatic rings. The second-order valence-electron chi connectivity index (χ2n) is 6.98. The molecule has 1 aromatic heterocycles. The molecule has 2 heterocycles. The van der Waals surface area contributed by atoms with Crippen molar-refractivity contribution in [2.75, 3.05) is 10.8 Å². The van der Waals surface area contributed by atoms with E-state index in [1.807, 2.05) is 6.07 Å². The quantitative estimate of drug-likeness (QED) is 0.783. The van der Waals surface area contributed by atoms with E-state index in [4.69, 9.17) is 11.6 Å². The Morgan fingerprint density at radius 3 is 2.72 bits per heavy atom. The third-order valence-electron chi connectivity index (χ3n) is 5.33. The van der Waals surface area contributed by atoms with E-state index < -0.39 is 10.0 Å². The molecule has 25 heavy (non-hydrogen) atoms. The lowest BCUT2D eigenvalue weighted by molar-refractivity contribution is 0.452. The van der Waals surface area contributed by atoms with Crippen molar-refractivity contribution in [1.29, 1.82) is 0 Å². The maximum Gasteiger partial charge on any atom is 0.264 e. The maximum absolute atomic E-state index is 13.2. The summed E-state index contributed by atoms with van der Waals surface area (Å²) >= 11 is 6.00. The van der Waals surface area contributed by atoms with E-state index in [9.17, 15) is 8.42 Å². The third-order valence-corrected chi connectivity index (χ3v) is 7.35. The average molecular weight is 377 g/mol. The molecule has 0 bridgehead atoms. The normalized spacial score (nSPS) is 20.8. The van der Waals surface area contributed by atoms with Gasteiger partial charge in [-0.05, 0) is 42.7 Å². The fourth-order valence-electron chi connectivity index (χ4n) is 4.14. The van der Waals surface area contributed by atoms with Gasteiger partial charge in [0.25, 0.3) is 10.0 Å². The Kier molecular flexibility index (Phi) is 4.46. The van der Waals surface area contributed by atoms with Crippen LogP contribution in [0, 0.1) is 5.92 Å².